The third-order valence-corrected chi connectivity index (χ3v) is 11.6. The summed E-state index contributed by atoms with van der Waals surface area (Å²) in [6, 6.07) is 25.5. The summed E-state index contributed by atoms with van der Waals surface area (Å²) < 4.78 is 4.02. The van der Waals surface area contributed by atoms with Crippen LogP contribution in [0.25, 0.3) is 0 Å². The number of rotatable bonds is 6. The van der Waals surface area contributed by atoms with E-state index in [9.17, 15) is 14.5 Å². The molecule has 2 fully saturated rings. The van der Waals surface area contributed by atoms with E-state index in [0.717, 1.165) is 22.5 Å². The van der Waals surface area contributed by atoms with E-state index in [1.165, 1.54) is 4.90 Å². The van der Waals surface area contributed by atoms with Gasteiger partial charge < -0.3 is 0 Å². The van der Waals surface area contributed by atoms with E-state index >= 15 is 0 Å². The van der Waals surface area contributed by atoms with Gasteiger partial charge >= 0.3 is 220 Å². The summed E-state index contributed by atoms with van der Waals surface area (Å²) in [5.41, 5.74) is 3.60. The molecule has 5 rings (SSSR count). The molecule has 0 aliphatic carbocycles. The van der Waals surface area contributed by atoms with Gasteiger partial charge in [-0.1, -0.05) is 0 Å². The van der Waals surface area contributed by atoms with Crippen LogP contribution in [-0.4, -0.2) is 35.5 Å². The quantitative estimate of drug-likeness (QED) is 0.317. The van der Waals surface area contributed by atoms with Crippen LogP contribution in [-0.2, 0) is 9.59 Å². The van der Waals surface area contributed by atoms with Gasteiger partial charge in [-0.05, 0) is 0 Å². The molecule has 2 saturated heterocycles. The van der Waals surface area contributed by atoms with E-state index in [1.54, 1.807) is 0 Å². The zero-order chi connectivity index (χ0) is 26.3. The monoisotopic (exact) mass is 517 g/mol. The fourth-order valence-corrected chi connectivity index (χ4v) is 9.71. The summed E-state index contributed by atoms with van der Waals surface area (Å²) in [6.45, 7) is 9.49. The fourth-order valence-electron chi connectivity index (χ4n) is 5.84. The summed E-state index contributed by atoms with van der Waals surface area (Å²) in [4.78, 5) is 42.2. The molecule has 194 valence electrons. The first-order chi connectivity index (χ1) is 17.7. The summed E-state index contributed by atoms with van der Waals surface area (Å²) in [5, 5.41) is 0. The predicted molar refractivity (Wildman–Crippen MR) is 154 cm³/mol. The van der Waals surface area contributed by atoms with Crippen LogP contribution in [0, 0.1) is 0 Å². The Balaban J connectivity index is 1.64. The van der Waals surface area contributed by atoms with Gasteiger partial charge in [0, 0.05) is 0 Å². The Bertz CT molecular complexity index is 1220. The van der Waals surface area contributed by atoms with Crippen molar-refractivity contribution in [3.8, 4) is 0 Å². The van der Waals surface area contributed by atoms with Crippen molar-refractivity contribution in [2.45, 2.75) is 51.6 Å². The molecule has 0 spiro atoms. The van der Waals surface area contributed by atoms with Crippen LogP contribution < -0.4 is 14.2 Å². The average molecular weight is 518 g/mol. The number of imide groups is 1. The summed E-state index contributed by atoms with van der Waals surface area (Å²) >= 11 is 0. The number of carbonyl (C=O) groups is 2. The molecule has 6 nitrogen and oxygen atoms in total. The minimum absolute atomic E-state index is 0.00180. The molecule has 1 unspecified atom stereocenters. The van der Waals surface area contributed by atoms with Crippen LogP contribution in [0.4, 0.5) is 17.1 Å². The van der Waals surface area contributed by atoms with Gasteiger partial charge in [-0.2, -0.15) is 0 Å². The maximum absolute atomic E-state index is 14.3. The Morgan fingerprint density at radius 1 is 0.730 bits per heavy atom. The van der Waals surface area contributed by atoms with Crippen LogP contribution in [0.3, 0.4) is 0 Å². The molecule has 2 aliphatic rings. The van der Waals surface area contributed by atoms with Gasteiger partial charge in [0.1, 0.15) is 0 Å². The first-order valence-corrected chi connectivity index (χ1v) is 15.0. The molecule has 0 bridgehead atoms. The standard InChI is InChI=1S/C30H36N3O3P/c1-21(2)25-16-11-17-26(22(3)4)29(25)33-28(34)20-27(30(33)35)37(36)31(23-12-7-5-8-13-23)18-19-32(37)24-14-9-6-10-15-24/h5-17,21-22,27,36-37H,18-20H2,1-4H3. The Morgan fingerprint density at radius 3 is 1.62 bits per heavy atom. The van der Waals surface area contributed by atoms with Crippen molar-refractivity contribution < 1.29 is 14.5 Å². The molecule has 37 heavy (non-hydrogen) atoms. The average Bonchev–Trinajstić information content (AvgIpc) is 3.40. The van der Waals surface area contributed by atoms with E-state index in [4.69, 9.17) is 0 Å². The Morgan fingerprint density at radius 2 is 1.19 bits per heavy atom. The normalized spacial score (nSPS) is 20.4. The van der Waals surface area contributed by atoms with E-state index in [1.807, 2.05) is 88.2 Å². The van der Waals surface area contributed by atoms with Crippen LogP contribution in [0.15, 0.2) is 78.9 Å². The maximum atomic E-state index is 14.3. The Hall–Kier alpha value is -3.21. The van der Waals surface area contributed by atoms with Gasteiger partial charge in [0.25, 0.3) is 0 Å². The van der Waals surface area contributed by atoms with Crippen LogP contribution in [0.1, 0.15) is 57.1 Å². The first-order valence-electron chi connectivity index (χ1n) is 13.1. The number of para-hydroxylation sites is 3. The predicted octanol–water partition coefficient (Wildman–Crippen LogP) is 6.08. The SMILES string of the molecule is CC(C)c1cccc(C(C)C)c1N1C(=O)CC([PH]2(O)N(c3ccccc3)CCN2c2ccccc2)C1=O. The van der Waals surface area contributed by atoms with Crippen molar-refractivity contribution in [2.75, 3.05) is 27.3 Å². The number of nitrogens with zero attached hydrogens (tertiary/aromatic N) is 3. The van der Waals surface area contributed by atoms with Gasteiger partial charge in [-0.3, -0.25) is 0 Å². The topological polar surface area (TPSA) is 64.1 Å². The third kappa shape index (κ3) is 4.22. The number of hydrogen-bond acceptors (Lipinski definition) is 5. The molecule has 2 aliphatic heterocycles. The van der Waals surface area contributed by atoms with Crippen molar-refractivity contribution in [1.82, 2.24) is 0 Å². The number of benzene rings is 3. The zero-order valence-corrected chi connectivity index (χ0v) is 23.0. The molecule has 0 radical (unpaired) electrons. The van der Waals surface area contributed by atoms with E-state index in [0.29, 0.717) is 18.8 Å². The van der Waals surface area contributed by atoms with Gasteiger partial charge in [-0.15, -0.1) is 0 Å². The first kappa shape index (κ1) is 25.4. The third-order valence-electron chi connectivity index (χ3n) is 7.66. The molecule has 2 heterocycles. The molecule has 7 heteroatoms. The van der Waals surface area contributed by atoms with Gasteiger partial charge in [-0.25, -0.2) is 0 Å². The molecule has 3 aromatic carbocycles. The molecule has 3 aromatic rings. The molecule has 0 aromatic heterocycles. The minimum atomic E-state index is -3.71. The van der Waals surface area contributed by atoms with Crippen molar-refractivity contribution in [3.05, 3.63) is 90.0 Å². The number of hydrogen-bond donors (Lipinski definition) is 1. The van der Waals surface area contributed by atoms with Gasteiger partial charge in [0.2, 0.25) is 0 Å². The van der Waals surface area contributed by atoms with Crippen molar-refractivity contribution >= 4 is 36.7 Å². The Kier molecular flexibility index (Phi) is 6.82. The van der Waals surface area contributed by atoms with E-state index in [2.05, 4.69) is 27.7 Å². The van der Waals surface area contributed by atoms with Crippen LogP contribution >= 0.6 is 7.79 Å². The van der Waals surface area contributed by atoms with Crippen LogP contribution in [0.2, 0.25) is 0 Å². The summed E-state index contributed by atoms with van der Waals surface area (Å²) in [5.74, 6) is -0.250. The van der Waals surface area contributed by atoms with Crippen LogP contribution in [0.5, 0.6) is 0 Å². The number of amides is 2. The van der Waals surface area contributed by atoms with Crippen molar-refractivity contribution in [2.24, 2.45) is 0 Å². The molecular formula is C30H36N3O3P. The molecule has 1 atom stereocenters. The van der Waals surface area contributed by atoms with Gasteiger partial charge in [0.05, 0.1) is 0 Å². The number of anilines is 3. The molecular weight excluding hydrogens is 481 g/mol. The second-order valence-corrected chi connectivity index (χ2v) is 13.7. The fraction of sp³-hybridized carbons (Fsp3) is 0.333. The van der Waals surface area contributed by atoms with E-state index < -0.39 is 13.4 Å². The van der Waals surface area contributed by atoms with Gasteiger partial charge in [0.15, 0.2) is 0 Å². The second-order valence-electron chi connectivity index (χ2n) is 10.6. The summed E-state index contributed by atoms with van der Waals surface area (Å²) in [7, 11) is -3.71. The zero-order valence-electron chi connectivity index (χ0n) is 22.0. The molecule has 2 amide bonds. The van der Waals surface area contributed by atoms with E-state index in [-0.39, 0.29) is 30.1 Å². The Labute approximate surface area is 220 Å². The molecule has 0 saturated carbocycles. The number of carbonyl (C=O) groups excluding carboxylic acids is 2. The second kappa shape index (κ2) is 9.92. The summed E-state index contributed by atoms with van der Waals surface area (Å²) in [6.07, 6.45) is -0.00180. The van der Waals surface area contributed by atoms with Crippen molar-refractivity contribution in [1.29, 1.82) is 0 Å². The molecule has 1 N–H and O–H groups in total. The van der Waals surface area contributed by atoms with Crippen molar-refractivity contribution in [3.63, 3.8) is 0 Å².